The quantitative estimate of drug-likeness (QED) is 0.849. The van der Waals surface area contributed by atoms with E-state index in [2.05, 4.69) is 41.8 Å². The number of hydrogen-bond acceptors (Lipinski definition) is 2. The monoisotopic (exact) mass is 249 g/mol. The van der Waals surface area contributed by atoms with Crippen molar-refractivity contribution in [2.24, 2.45) is 5.92 Å². The van der Waals surface area contributed by atoms with Crippen LogP contribution in [0.5, 0.6) is 0 Å². The highest BCUT2D eigenvalue weighted by atomic mass is 15.2. The molecule has 1 aliphatic carbocycles. The second kappa shape index (κ2) is 6.26. The van der Waals surface area contributed by atoms with Crippen LogP contribution in [0.25, 0.3) is 0 Å². The number of aryl methyl sites for hydroxylation is 1. The van der Waals surface area contributed by atoms with Crippen molar-refractivity contribution in [3.05, 3.63) is 11.9 Å². The third-order valence-electron chi connectivity index (χ3n) is 4.13. The highest BCUT2D eigenvalue weighted by Crippen LogP contribution is 2.30. The van der Waals surface area contributed by atoms with Crippen molar-refractivity contribution in [3.8, 4) is 0 Å². The molecule has 0 saturated heterocycles. The smallest absolute Gasteiger partial charge is 0.203 e. The van der Waals surface area contributed by atoms with Gasteiger partial charge in [0.25, 0.3) is 0 Å². The van der Waals surface area contributed by atoms with Crippen LogP contribution in [0.15, 0.2) is 6.20 Å². The molecule has 3 heteroatoms. The van der Waals surface area contributed by atoms with Gasteiger partial charge < -0.3 is 9.88 Å². The third kappa shape index (κ3) is 3.27. The molecule has 102 valence electrons. The van der Waals surface area contributed by atoms with Crippen molar-refractivity contribution in [3.63, 3.8) is 0 Å². The maximum absolute atomic E-state index is 4.64. The average Bonchev–Trinajstić information content (AvgIpc) is 2.78. The molecule has 1 aromatic rings. The number of rotatable bonds is 5. The second-order valence-corrected chi connectivity index (χ2v) is 5.80. The van der Waals surface area contributed by atoms with Crippen molar-refractivity contribution in [1.82, 2.24) is 9.55 Å². The van der Waals surface area contributed by atoms with Gasteiger partial charge in [-0.1, -0.05) is 39.5 Å². The molecule has 1 N–H and O–H groups in total. The summed E-state index contributed by atoms with van der Waals surface area (Å²) in [6.45, 7) is 7.65. The average molecular weight is 249 g/mol. The summed E-state index contributed by atoms with van der Waals surface area (Å²) in [6, 6.07) is 0.666. The molecule has 1 heterocycles. The van der Waals surface area contributed by atoms with Gasteiger partial charge in [-0.3, -0.25) is 0 Å². The Kier molecular flexibility index (Phi) is 4.67. The SMILES string of the molecule is CCC(C)CNc1nc(C)cn1C1CCCCC1. The van der Waals surface area contributed by atoms with Crippen molar-refractivity contribution in [2.75, 3.05) is 11.9 Å². The summed E-state index contributed by atoms with van der Waals surface area (Å²) in [4.78, 5) is 4.64. The van der Waals surface area contributed by atoms with Crippen LogP contribution in [0.4, 0.5) is 5.95 Å². The van der Waals surface area contributed by atoms with Gasteiger partial charge in [-0.15, -0.1) is 0 Å². The van der Waals surface area contributed by atoms with Crippen LogP contribution in [0.3, 0.4) is 0 Å². The van der Waals surface area contributed by atoms with Gasteiger partial charge in [0, 0.05) is 18.8 Å². The molecule has 0 radical (unpaired) electrons. The van der Waals surface area contributed by atoms with Gasteiger partial charge in [-0.25, -0.2) is 4.98 Å². The highest BCUT2D eigenvalue weighted by molar-refractivity contribution is 5.29. The van der Waals surface area contributed by atoms with E-state index < -0.39 is 0 Å². The molecule has 1 unspecified atom stereocenters. The Balaban J connectivity index is 2.04. The number of nitrogens with one attached hydrogen (secondary N) is 1. The molecule has 1 aliphatic rings. The predicted molar refractivity (Wildman–Crippen MR) is 77.0 cm³/mol. The lowest BCUT2D eigenvalue weighted by Crippen LogP contribution is -2.18. The first-order chi connectivity index (χ1) is 8.70. The zero-order valence-corrected chi connectivity index (χ0v) is 12.1. The maximum atomic E-state index is 4.64. The summed E-state index contributed by atoms with van der Waals surface area (Å²) in [6.07, 6.45) is 10.2. The van der Waals surface area contributed by atoms with Crippen molar-refractivity contribution in [1.29, 1.82) is 0 Å². The van der Waals surface area contributed by atoms with Crippen molar-refractivity contribution < 1.29 is 0 Å². The van der Waals surface area contributed by atoms with E-state index in [4.69, 9.17) is 0 Å². The van der Waals surface area contributed by atoms with E-state index in [-0.39, 0.29) is 0 Å². The van der Waals surface area contributed by atoms with Gasteiger partial charge in [0.1, 0.15) is 0 Å². The Morgan fingerprint density at radius 1 is 1.39 bits per heavy atom. The summed E-state index contributed by atoms with van der Waals surface area (Å²) in [5.74, 6) is 1.79. The first-order valence-corrected chi connectivity index (χ1v) is 7.50. The van der Waals surface area contributed by atoms with Crippen LogP contribution in [0.1, 0.15) is 64.1 Å². The molecule has 0 aliphatic heterocycles. The summed E-state index contributed by atoms with van der Waals surface area (Å²) >= 11 is 0. The van der Waals surface area contributed by atoms with E-state index in [9.17, 15) is 0 Å². The summed E-state index contributed by atoms with van der Waals surface area (Å²) in [7, 11) is 0. The topological polar surface area (TPSA) is 29.9 Å². The Labute approximate surface area is 111 Å². The molecule has 0 bridgehead atoms. The Hall–Kier alpha value is -0.990. The maximum Gasteiger partial charge on any atom is 0.203 e. The summed E-state index contributed by atoms with van der Waals surface area (Å²) in [5, 5.41) is 3.53. The lowest BCUT2D eigenvalue weighted by Gasteiger charge is -2.25. The first-order valence-electron chi connectivity index (χ1n) is 7.50. The summed E-state index contributed by atoms with van der Waals surface area (Å²) < 4.78 is 2.39. The van der Waals surface area contributed by atoms with Gasteiger partial charge >= 0.3 is 0 Å². The second-order valence-electron chi connectivity index (χ2n) is 5.80. The number of aromatic nitrogens is 2. The molecule has 0 spiro atoms. The molecule has 1 fully saturated rings. The molecule has 3 nitrogen and oxygen atoms in total. The van der Waals surface area contributed by atoms with Crippen LogP contribution in [0, 0.1) is 12.8 Å². The molecular weight excluding hydrogens is 222 g/mol. The number of imidazole rings is 1. The molecule has 1 atom stereocenters. The first kappa shape index (κ1) is 13.4. The molecule has 2 rings (SSSR count). The van der Waals surface area contributed by atoms with Gasteiger partial charge in [0.05, 0.1) is 5.69 Å². The van der Waals surface area contributed by atoms with Gasteiger partial charge in [0.15, 0.2) is 0 Å². The molecule has 0 amide bonds. The number of hydrogen-bond donors (Lipinski definition) is 1. The Morgan fingerprint density at radius 3 is 2.78 bits per heavy atom. The van der Waals surface area contributed by atoms with Gasteiger partial charge in [0.2, 0.25) is 5.95 Å². The third-order valence-corrected chi connectivity index (χ3v) is 4.13. The van der Waals surface area contributed by atoms with E-state index in [1.807, 2.05) is 0 Å². The van der Waals surface area contributed by atoms with E-state index in [1.165, 1.54) is 38.5 Å². The molecular formula is C15H27N3. The van der Waals surface area contributed by atoms with E-state index >= 15 is 0 Å². The zero-order valence-electron chi connectivity index (χ0n) is 12.1. The van der Waals surface area contributed by atoms with E-state index in [0.29, 0.717) is 12.0 Å². The summed E-state index contributed by atoms with van der Waals surface area (Å²) in [5.41, 5.74) is 1.13. The minimum atomic E-state index is 0.666. The lowest BCUT2D eigenvalue weighted by atomic mass is 9.95. The predicted octanol–water partition coefficient (Wildman–Crippen LogP) is 4.15. The fraction of sp³-hybridized carbons (Fsp3) is 0.800. The van der Waals surface area contributed by atoms with Crippen LogP contribution >= 0.6 is 0 Å². The molecule has 1 aromatic heterocycles. The zero-order chi connectivity index (χ0) is 13.0. The lowest BCUT2D eigenvalue weighted by molar-refractivity contribution is 0.355. The van der Waals surface area contributed by atoms with Crippen molar-refractivity contribution >= 4 is 5.95 Å². The minimum absolute atomic E-state index is 0.666. The normalized spacial score (nSPS) is 18.8. The van der Waals surface area contributed by atoms with Gasteiger partial charge in [-0.2, -0.15) is 0 Å². The van der Waals surface area contributed by atoms with Crippen LogP contribution in [0.2, 0.25) is 0 Å². The Morgan fingerprint density at radius 2 is 2.11 bits per heavy atom. The van der Waals surface area contributed by atoms with E-state index in [1.54, 1.807) is 0 Å². The number of nitrogens with zero attached hydrogens (tertiary/aromatic N) is 2. The molecule has 1 saturated carbocycles. The van der Waals surface area contributed by atoms with Crippen LogP contribution in [-0.2, 0) is 0 Å². The van der Waals surface area contributed by atoms with Crippen LogP contribution in [-0.4, -0.2) is 16.1 Å². The fourth-order valence-corrected chi connectivity index (χ4v) is 2.69. The standard InChI is InChI=1S/C15H27N3/c1-4-12(2)10-16-15-17-13(3)11-18(15)14-8-6-5-7-9-14/h11-12,14H,4-10H2,1-3H3,(H,16,17). The van der Waals surface area contributed by atoms with Gasteiger partial charge in [-0.05, 0) is 25.7 Å². The minimum Gasteiger partial charge on any atom is -0.355 e. The molecule has 0 aromatic carbocycles. The highest BCUT2D eigenvalue weighted by Gasteiger charge is 2.18. The fourth-order valence-electron chi connectivity index (χ4n) is 2.69. The van der Waals surface area contributed by atoms with E-state index in [0.717, 1.165) is 18.2 Å². The Bertz CT molecular complexity index is 364. The number of anilines is 1. The largest absolute Gasteiger partial charge is 0.355 e. The molecule has 18 heavy (non-hydrogen) atoms. The van der Waals surface area contributed by atoms with Crippen LogP contribution < -0.4 is 5.32 Å². The van der Waals surface area contributed by atoms with Crippen molar-refractivity contribution in [2.45, 2.75) is 65.3 Å².